The van der Waals surface area contributed by atoms with Crippen molar-refractivity contribution >= 4 is 41.0 Å². The monoisotopic (exact) mass is 447 g/mol. The van der Waals surface area contributed by atoms with Gasteiger partial charge in [0.2, 0.25) is 0 Å². The van der Waals surface area contributed by atoms with Gasteiger partial charge in [-0.05, 0) is 54.6 Å². The number of benzene rings is 2. The Bertz CT molecular complexity index is 1260. The van der Waals surface area contributed by atoms with E-state index in [1.54, 1.807) is 18.2 Å². The molecular weight excluding hydrogens is 430 g/mol. The number of nitrogens with one attached hydrogen (secondary N) is 2. The molecule has 1 aliphatic heterocycles. The summed E-state index contributed by atoms with van der Waals surface area (Å²) in [5, 5.41) is 14.1. The molecule has 4 rings (SSSR count). The molecule has 1 aromatic heterocycles. The van der Waals surface area contributed by atoms with E-state index in [-0.39, 0.29) is 29.9 Å². The Morgan fingerprint density at radius 3 is 2.18 bits per heavy atom. The van der Waals surface area contributed by atoms with E-state index < -0.39 is 29.6 Å². The van der Waals surface area contributed by atoms with Crippen LogP contribution in [0.1, 0.15) is 48.0 Å². The molecule has 0 spiro atoms. The molecule has 1 aliphatic rings. The van der Waals surface area contributed by atoms with Crippen LogP contribution >= 0.6 is 0 Å². The van der Waals surface area contributed by atoms with E-state index in [0.29, 0.717) is 16.9 Å². The number of aliphatic carboxylic acids is 1. The van der Waals surface area contributed by atoms with Gasteiger partial charge in [-0.2, -0.15) is 0 Å². The molecular formula is C23H17N3O7. The standard InChI is InChI=1S/C23H17N3O7/c27-19(28)9-10-26-22(31)16-8-7-15(12-17(16)23(26)32)25-20(29)13-3-5-14(6-4-13)24-21(30)18-2-1-11-33-18/h1-8,11-12H,9-10H2,(H,24,30)(H,25,29)(H,27,28). The van der Waals surface area contributed by atoms with Gasteiger partial charge in [0.15, 0.2) is 5.76 Å². The highest BCUT2D eigenvalue weighted by Crippen LogP contribution is 2.26. The summed E-state index contributed by atoms with van der Waals surface area (Å²) in [4.78, 5) is 61.1. The summed E-state index contributed by atoms with van der Waals surface area (Å²) in [7, 11) is 0. The Kier molecular flexibility index (Phi) is 5.73. The van der Waals surface area contributed by atoms with E-state index in [0.717, 1.165) is 4.90 Å². The van der Waals surface area contributed by atoms with Gasteiger partial charge in [0.25, 0.3) is 23.6 Å². The van der Waals surface area contributed by atoms with Crippen molar-refractivity contribution < 1.29 is 33.5 Å². The van der Waals surface area contributed by atoms with E-state index in [1.807, 2.05) is 0 Å². The largest absolute Gasteiger partial charge is 0.481 e. The quantitative estimate of drug-likeness (QED) is 0.472. The predicted molar refractivity (Wildman–Crippen MR) is 115 cm³/mol. The Balaban J connectivity index is 1.42. The number of anilines is 2. The van der Waals surface area contributed by atoms with Crippen molar-refractivity contribution in [3.05, 3.63) is 83.3 Å². The maximum absolute atomic E-state index is 12.6. The first-order valence-electron chi connectivity index (χ1n) is 9.82. The summed E-state index contributed by atoms with van der Waals surface area (Å²) < 4.78 is 5.02. The van der Waals surface area contributed by atoms with Crippen LogP contribution in [0.5, 0.6) is 0 Å². The van der Waals surface area contributed by atoms with Gasteiger partial charge in [-0.15, -0.1) is 0 Å². The molecule has 0 aliphatic carbocycles. The second kappa shape index (κ2) is 8.79. The number of carboxylic acids is 1. The van der Waals surface area contributed by atoms with Crippen molar-refractivity contribution in [2.24, 2.45) is 0 Å². The number of carbonyl (C=O) groups is 5. The van der Waals surface area contributed by atoms with E-state index in [1.165, 1.54) is 42.7 Å². The summed E-state index contributed by atoms with van der Waals surface area (Å²) >= 11 is 0. The van der Waals surface area contributed by atoms with Crippen molar-refractivity contribution in [2.75, 3.05) is 17.2 Å². The lowest BCUT2D eigenvalue weighted by atomic mass is 10.1. The Morgan fingerprint density at radius 2 is 1.52 bits per heavy atom. The first-order valence-corrected chi connectivity index (χ1v) is 9.82. The topological polar surface area (TPSA) is 146 Å². The molecule has 0 radical (unpaired) electrons. The third-order valence-corrected chi connectivity index (χ3v) is 4.93. The third kappa shape index (κ3) is 4.49. The van der Waals surface area contributed by atoms with E-state index in [2.05, 4.69) is 10.6 Å². The summed E-state index contributed by atoms with van der Waals surface area (Å²) in [5.41, 5.74) is 1.32. The van der Waals surface area contributed by atoms with Crippen molar-refractivity contribution in [3.8, 4) is 0 Å². The number of hydrogen-bond donors (Lipinski definition) is 3. The highest BCUT2D eigenvalue weighted by molar-refractivity contribution is 6.22. The van der Waals surface area contributed by atoms with Gasteiger partial charge in [0, 0.05) is 23.5 Å². The van der Waals surface area contributed by atoms with Crippen molar-refractivity contribution in [3.63, 3.8) is 0 Å². The van der Waals surface area contributed by atoms with Crippen LogP contribution in [-0.2, 0) is 4.79 Å². The average molecular weight is 447 g/mol. The maximum Gasteiger partial charge on any atom is 0.305 e. The second-order valence-corrected chi connectivity index (χ2v) is 7.13. The van der Waals surface area contributed by atoms with Crippen molar-refractivity contribution in [1.82, 2.24) is 4.90 Å². The van der Waals surface area contributed by atoms with Crippen LogP contribution < -0.4 is 10.6 Å². The molecule has 4 amide bonds. The number of nitrogens with zero attached hydrogens (tertiary/aromatic N) is 1. The lowest BCUT2D eigenvalue weighted by Crippen LogP contribution is -2.31. The van der Waals surface area contributed by atoms with Gasteiger partial charge < -0.3 is 20.2 Å². The van der Waals surface area contributed by atoms with Gasteiger partial charge in [-0.25, -0.2) is 0 Å². The Morgan fingerprint density at radius 1 is 0.848 bits per heavy atom. The normalized spacial score (nSPS) is 12.4. The Hall–Kier alpha value is -4.73. The lowest BCUT2D eigenvalue weighted by Gasteiger charge is -2.11. The van der Waals surface area contributed by atoms with E-state index >= 15 is 0 Å². The fourth-order valence-electron chi connectivity index (χ4n) is 3.29. The van der Waals surface area contributed by atoms with Crippen LogP contribution in [0.15, 0.2) is 65.3 Å². The molecule has 33 heavy (non-hydrogen) atoms. The molecule has 0 unspecified atom stereocenters. The van der Waals surface area contributed by atoms with Crippen LogP contribution in [0, 0.1) is 0 Å². The minimum atomic E-state index is -1.12. The van der Waals surface area contributed by atoms with Crippen molar-refractivity contribution in [2.45, 2.75) is 6.42 Å². The molecule has 0 saturated carbocycles. The average Bonchev–Trinajstić information content (AvgIpc) is 3.41. The van der Waals surface area contributed by atoms with Crippen LogP contribution in [0.25, 0.3) is 0 Å². The van der Waals surface area contributed by atoms with E-state index in [9.17, 15) is 24.0 Å². The summed E-state index contributed by atoms with van der Waals surface area (Å²) in [5.74, 6) is -3.02. The zero-order valence-corrected chi connectivity index (χ0v) is 17.0. The number of furan rings is 1. The summed E-state index contributed by atoms with van der Waals surface area (Å²) in [6.07, 6.45) is 1.03. The molecule has 0 bridgehead atoms. The SMILES string of the molecule is O=C(O)CCN1C(=O)c2ccc(NC(=O)c3ccc(NC(=O)c4ccco4)cc3)cc2C1=O. The zero-order valence-electron chi connectivity index (χ0n) is 17.0. The minimum absolute atomic E-state index is 0.0965. The molecule has 10 nitrogen and oxygen atoms in total. The second-order valence-electron chi connectivity index (χ2n) is 7.13. The third-order valence-electron chi connectivity index (χ3n) is 4.93. The number of imide groups is 1. The van der Waals surface area contributed by atoms with Gasteiger partial charge >= 0.3 is 5.97 Å². The fourth-order valence-corrected chi connectivity index (χ4v) is 3.29. The highest BCUT2D eigenvalue weighted by atomic mass is 16.4. The smallest absolute Gasteiger partial charge is 0.305 e. The first kappa shape index (κ1) is 21.5. The summed E-state index contributed by atoms with van der Waals surface area (Å²) in [6.45, 7) is -0.230. The van der Waals surface area contributed by atoms with E-state index in [4.69, 9.17) is 9.52 Å². The molecule has 10 heteroatoms. The minimum Gasteiger partial charge on any atom is -0.481 e. The maximum atomic E-state index is 12.6. The van der Waals surface area contributed by atoms with Gasteiger partial charge in [0.05, 0.1) is 23.8 Å². The van der Waals surface area contributed by atoms with Crippen LogP contribution in [0.3, 0.4) is 0 Å². The summed E-state index contributed by atoms with van der Waals surface area (Å²) in [6, 6.07) is 13.6. The predicted octanol–water partition coefficient (Wildman–Crippen LogP) is 2.85. The van der Waals surface area contributed by atoms with Crippen LogP contribution in [-0.4, -0.2) is 46.1 Å². The highest BCUT2D eigenvalue weighted by Gasteiger charge is 2.35. The number of carboxylic acid groups (broad SMARTS) is 1. The molecule has 3 aromatic rings. The first-order chi connectivity index (χ1) is 15.8. The Labute approximate surface area is 186 Å². The van der Waals surface area contributed by atoms with Gasteiger partial charge in [-0.3, -0.25) is 28.9 Å². The zero-order chi connectivity index (χ0) is 23.5. The number of hydrogen-bond acceptors (Lipinski definition) is 6. The lowest BCUT2D eigenvalue weighted by molar-refractivity contribution is -0.137. The van der Waals surface area contributed by atoms with Crippen LogP contribution in [0.4, 0.5) is 11.4 Å². The van der Waals surface area contributed by atoms with Gasteiger partial charge in [-0.1, -0.05) is 0 Å². The number of amides is 4. The fraction of sp³-hybridized carbons (Fsp3) is 0.0870. The molecule has 0 atom stereocenters. The molecule has 3 N–H and O–H groups in total. The number of fused-ring (bicyclic) bond motifs is 1. The molecule has 166 valence electrons. The van der Waals surface area contributed by atoms with Crippen LogP contribution in [0.2, 0.25) is 0 Å². The number of carbonyl (C=O) groups excluding carboxylic acids is 4. The number of rotatable bonds is 7. The molecule has 2 heterocycles. The van der Waals surface area contributed by atoms with Gasteiger partial charge in [0.1, 0.15) is 0 Å². The van der Waals surface area contributed by atoms with Crippen molar-refractivity contribution in [1.29, 1.82) is 0 Å². The molecule has 0 fully saturated rings. The molecule has 0 saturated heterocycles. The molecule has 2 aromatic carbocycles.